The van der Waals surface area contributed by atoms with Crippen LogP contribution in [-0.4, -0.2) is 16.1 Å². The minimum atomic E-state index is -0.505. The molecule has 0 fully saturated rings. The molecule has 0 aliphatic carbocycles. The van der Waals surface area contributed by atoms with Gasteiger partial charge in [0.25, 0.3) is 5.69 Å². The zero-order valence-electron chi connectivity index (χ0n) is 14.4. The number of nitrogens with zero attached hydrogens (tertiary/aromatic N) is 3. The quantitative estimate of drug-likeness (QED) is 0.258. The minimum absolute atomic E-state index is 0.0814. The molecule has 0 saturated carbocycles. The number of rotatable bonds is 7. The van der Waals surface area contributed by atoms with Crippen molar-refractivity contribution in [2.24, 2.45) is 5.10 Å². The molecule has 0 spiro atoms. The van der Waals surface area contributed by atoms with Crippen molar-refractivity contribution in [3.63, 3.8) is 0 Å². The molecule has 3 rings (SSSR count). The van der Waals surface area contributed by atoms with Crippen molar-refractivity contribution >= 4 is 49.6 Å². The molecule has 1 aromatic heterocycles. The molecule has 142 valence electrons. The molecule has 1 N–H and O–H groups in total. The predicted molar refractivity (Wildman–Crippen MR) is 115 cm³/mol. The number of pyridine rings is 1. The predicted octanol–water partition coefficient (Wildman–Crippen LogP) is 5.54. The number of nitro groups is 1. The molecule has 0 bridgehead atoms. The first-order chi connectivity index (χ1) is 13.5. The highest BCUT2D eigenvalue weighted by atomic mass is 79.9. The molecule has 2 aromatic carbocycles. The Hall–Kier alpha value is -2.78. The van der Waals surface area contributed by atoms with Gasteiger partial charge in [0.2, 0.25) is 0 Å². The summed E-state index contributed by atoms with van der Waals surface area (Å²) in [5.41, 5.74) is 4.46. The molecule has 0 saturated heterocycles. The second-order valence-corrected chi connectivity index (χ2v) is 7.38. The number of benzene rings is 2. The standard InChI is InChI=1S/C19H14Br2N4O3/c20-15-8-14(10-23-24-18-7-6-16(11-22-18)25(26)27)19(17(21)9-15)28-12-13-4-2-1-3-5-13/h1-11H,12H2,(H,22,24)/b23-10-. The van der Waals surface area contributed by atoms with Gasteiger partial charge in [-0.05, 0) is 39.7 Å². The number of ether oxygens (including phenoxy) is 1. The van der Waals surface area contributed by atoms with Crippen molar-refractivity contribution in [2.45, 2.75) is 6.61 Å². The summed E-state index contributed by atoms with van der Waals surface area (Å²) in [5, 5.41) is 14.8. The largest absolute Gasteiger partial charge is 0.487 e. The molecule has 9 heteroatoms. The normalized spacial score (nSPS) is 10.8. The van der Waals surface area contributed by atoms with E-state index < -0.39 is 4.92 Å². The lowest BCUT2D eigenvalue weighted by molar-refractivity contribution is -0.385. The lowest BCUT2D eigenvalue weighted by Gasteiger charge is -2.12. The fraction of sp³-hybridized carbons (Fsp3) is 0.0526. The first kappa shape index (κ1) is 20.0. The molecular formula is C19H14Br2N4O3. The zero-order chi connectivity index (χ0) is 19.9. The van der Waals surface area contributed by atoms with E-state index in [4.69, 9.17) is 4.74 Å². The molecule has 0 aliphatic heterocycles. The molecule has 0 unspecified atom stereocenters. The zero-order valence-corrected chi connectivity index (χ0v) is 17.6. The number of hydrogen-bond donors (Lipinski definition) is 1. The van der Waals surface area contributed by atoms with Crippen LogP contribution in [0, 0.1) is 10.1 Å². The lowest BCUT2D eigenvalue weighted by Crippen LogP contribution is -2.01. The summed E-state index contributed by atoms with van der Waals surface area (Å²) >= 11 is 6.97. The number of halogens is 2. The van der Waals surface area contributed by atoms with E-state index in [-0.39, 0.29) is 5.69 Å². The van der Waals surface area contributed by atoms with Crippen molar-refractivity contribution in [3.8, 4) is 5.75 Å². The van der Waals surface area contributed by atoms with E-state index in [0.717, 1.165) is 20.1 Å². The van der Waals surface area contributed by atoms with Crippen molar-refractivity contribution in [3.05, 3.63) is 91.0 Å². The Morgan fingerprint density at radius 3 is 2.64 bits per heavy atom. The molecule has 1 heterocycles. The number of hydrazone groups is 1. The van der Waals surface area contributed by atoms with Gasteiger partial charge in [-0.3, -0.25) is 15.5 Å². The van der Waals surface area contributed by atoms with Crippen LogP contribution in [0.15, 0.2) is 74.8 Å². The minimum Gasteiger partial charge on any atom is -0.487 e. The third-order valence-electron chi connectivity index (χ3n) is 3.60. The Balaban J connectivity index is 1.74. The summed E-state index contributed by atoms with van der Waals surface area (Å²) in [7, 11) is 0. The van der Waals surface area contributed by atoms with E-state index in [1.54, 1.807) is 6.21 Å². The number of hydrogen-bond acceptors (Lipinski definition) is 6. The molecule has 0 aliphatic rings. The van der Waals surface area contributed by atoms with Crippen LogP contribution in [0.25, 0.3) is 0 Å². The Morgan fingerprint density at radius 2 is 1.96 bits per heavy atom. The third-order valence-corrected chi connectivity index (χ3v) is 4.65. The highest BCUT2D eigenvalue weighted by Crippen LogP contribution is 2.32. The van der Waals surface area contributed by atoms with Crippen LogP contribution in [0.1, 0.15) is 11.1 Å². The second-order valence-electron chi connectivity index (χ2n) is 5.61. The molecule has 28 heavy (non-hydrogen) atoms. The summed E-state index contributed by atoms with van der Waals surface area (Å²) in [6.07, 6.45) is 2.76. The van der Waals surface area contributed by atoms with Gasteiger partial charge in [0.15, 0.2) is 0 Å². The Bertz CT molecular complexity index is 996. The van der Waals surface area contributed by atoms with Gasteiger partial charge in [-0.15, -0.1) is 0 Å². The van der Waals surface area contributed by atoms with Gasteiger partial charge in [0.05, 0.1) is 15.6 Å². The maximum absolute atomic E-state index is 10.7. The number of aromatic nitrogens is 1. The van der Waals surface area contributed by atoms with E-state index in [1.807, 2.05) is 42.5 Å². The van der Waals surface area contributed by atoms with Crippen LogP contribution in [-0.2, 0) is 6.61 Å². The molecule has 0 amide bonds. The molecule has 3 aromatic rings. The van der Waals surface area contributed by atoms with Gasteiger partial charge in [0, 0.05) is 16.1 Å². The molecular weight excluding hydrogens is 492 g/mol. The van der Waals surface area contributed by atoms with Crippen LogP contribution >= 0.6 is 31.9 Å². The Kier molecular flexibility index (Phi) is 6.72. The van der Waals surface area contributed by atoms with Gasteiger partial charge in [-0.25, -0.2) is 4.98 Å². The third kappa shape index (κ3) is 5.37. The van der Waals surface area contributed by atoms with Gasteiger partial charge >= 0.3 is 0 Å². The maximum Gasteiger partial charge on any atom is 0.287 e. The Morgan fingerprint density at radius 1 is 1.18 bits per heavy atom. The fourth-order valence-corrected chi connectivity index (χ4v) is 3.66. The number of anilines is 1. The topological polar surface area (TPSA) is 89.7 Å². The smallest absolute Gasteiger partial charge is 0.287 e. The van der Waals surface area contributed by atoms with Gasteiger partial charge in [0.1, 0.15) is 24.4 Å². The average molecular weight is 506 g/mol. The molecule has 0 radical (unpaired) electrons. The van der Waals surface area contributed by atoms with Crippen molar-refractivity contribution in [1.29, 1.82) is 0 Å². The van der Waals surface area contributed by atoms with Crippen molar-refractivity contribution in [2.75, 3.05) is 5.43 Å². The van der Waals surface area contributed by atoms with Crippen molar-refractivity contribution < 1.29 is 9.66 Å². The summed E-state index contributed by atoms with van der Waals surface area (Å²) in [5.74, 6) is 1.04. The lowest BCUT2D eigenvalue weighted by atomic mass is 10.2. The van der Waals surface area contributed by atoms with E-state index in [9.17, 15) is 10.1 Å². The van der Waals surface area contributed by atoms with E-state index in [1.165, 1.54) is 18.3 Å². The SMILES string of the molecule is O=[N+]([O-])c1ccc(N/N=C\c2cc(Br)cc(Br)c2OCc2ccccc2)nc1. The summed E-state index contributed by atoms with van der Waals surface area (Å²) in [6, 6.07) is 16.5. The first-order valence-corrected chi connectivity index (χ1v) is 9.67. The van der Waals surface area contributed by atoms with Crippen LogP contribution in [0.4, 0.5) is 11.5 Å². The number of nitrogens with one attached hydrogen (secondary N) is 1. The van der Waals surface area contributed by atoms with E-state index in [2.05, 4.69) is 47.4 Å². The second kappa shape index (κ2) is 9.43. The average Bonchev–Trinajstić information content (AvgIpc) is 2.68. The first-order valence-electron chi connectivity index (χ1n) is 8.08. The summed E-state index contributed by atoms with van der Waals surface area (Å²) in [6.45, 7) is 0.416. The van der Waals surface area contributed by atoms with Gasteiger partial charge in [-0.2, -0.15) is 5.10 Å². The molecule has 0 atom stereocenters. The van der Waals surface area contributed by atoms with Crippen LogP contribution < -0.4 is 10.2 Å². The van der Waals surface area contributed by atoms with E-state index in [0.29, 0.717) is 18.2 Å². The van der Waals surface area contributed by atoms with Gasteiger partial charge < -0.3 is 4.74 Å². The summed E-state index contributed by atoms with van der Waals surface area (Å²) in [4.78, 5) is 14.1. The summed E-state index contributed by atoms with van der Waals surface area (Å²) < 4.78 is 7.62. The van der Waals surface area contributed by atoms with E-state index >= 15 is 0 Å². The molecule has 7 nitrogen and oxygen atoms in total. The Labute approximate surface area is 177 Å². The van der Waals surface area contributed by atoms with Crippen LogP contribution in [0.3, 0.4) is 0 Å². The fourth-order valence-electron chi connectivity index (χ4n) is 2.29. The highest BCUT2D eigenvalue weighted by Gasteiger charge is 2.10. The highest BCUT2D eigenvalue weighted by molar-refractivity contribution is 9.11. The maximum atomic E-state index is 10.7. The van der Waals surface area contributed by atoms with Gasteiger partial charge in [-0.1, -0.05) is 46.3 Å². The monoisotopic (exact) mass is 504 g/mol. The van der Waals surface area contributed by atoms with Crippen LogP contribution in [0.2, 0.25) is 0 Å². The van der Waals surface area contributed by atoms with Crippen LogP contribution in [0.5, 0.6) is 5.75 Å². The van der Waals surface area contributed by atoms with Crippen molar-refractivity contribution in [1.82, 2.24) is 4.98 Å².